The molecule has 1 saturated carbocycles. The minimum atomic E-state index is -0.118. The van der Waals surface area contributed by atoms with Crippen molar-refractivity contribution in [2.24, 2.45) is 7.05 Å². The molecule has 1 aliphatic rings. The smallest absolute Gasteiger partial charge is 0.272 e. The summed E-state index contributed by atoms with van der Waals surface area (Å²) in [4.78, 5) is 15.5. The van der Waals surface area contributed by atoms with Crippen LogP contribution in [0.25, 0.3) is 0 Å². The molecule has 3 aromatic rings. The fraction of sp³-hybridized carbons (Fsp3) is 0.360. The van der Waals surface area contributed by atoms with Crippen LogP contribution in [0.15, 0.2) is 42.5 Å². The van der Waals surface area contributed by atoms with E-state index in [0.29, 0.717) is 36.2 Å². The number of hydrogen-bond acceptors (Lipinski definition) is 5. The van der Waals surface area contributed by atoms with Crippen LogP contribution in [0.3, 0.4) is 0 Å². The van der Waals surface area contributed by atoms with Crippen LogP contribution in [0.1, 0.15) is 51.6 Å². The summed E-state index contributed by atoms with van der Waals surface area (Å²) in [6, 6.07) is 12.9. The van der Waals surface area contributed by atoms with Crippen molar-refractivity contribution in [1.29, 1.82) is 0 Å². The fourth-order valence-corrected chi connectivity index (χ4v) is 3.86. The zero-order valence-corrected chi connectivity index (χ0v) is 19.0. The van der Waals surface area contributed by atoms with Gasteiger partial charge in [0.25, 0.3) is 5.91 Å². The number of nitrogens with zero attached hydrogens (tertiary/aromatic N) is 3. The second-order valence-corrected chi connectivity index (χ2v) is 8.25. The number of aromatic hydroxyl groups is 1. The van der Waals surface area contributed by atoms with Crippen molar-refractivity contribution in [3.8, 4) is 17.2 Å². The number of ether oxygens (including phenoxy) is 2. The van der Waals surface area contributed by atoms with Gasteiger partial charge in [-0.25, -0.2) is 0 Å². The molecule has 7 nitrogen and oxygen atoms in total. The molecule has 4 rings (SSSR count). The highest BCUT2D eigenvalue weighted by Crippen LogP contribution is 2.39. The molecule has 1 aliphatic carbocycles. The topological polar surface area (TPSA) is 76.8 Å². The van der Waals surface area contributed by atoms with E-state index in [1.807, 2.05) is 44.3 Å². The predicted octanol–water partition coefficient (Wildman–Crippen LogP) is 4.17. The van der Waals surface area contributed by atoms with Crippen LogP contribution in [0.4, 0.5) is 0 Å². The molecule has 0 bridgehead atoms. The van der Waals surface area contributed by atoms with Crippen molar-refractivity contribution in [2.45, 2.75) is 38.8 Å². The highest BCUT2D eigenvalue weighted by Gasteiger charge is 2.29. The maximum atomic E-state index is 13.7. The lowest BCUT2D eigenvalue weighted by Crippen LogP contribution is -2.32. The first kappa shape index (κ1) is 21.7. The maximum Gasteiger partial charge on any atom is 0.272 e. The van der Waals surface area contributed by atoms with Crippen LogP contribution in [-0.4, -0.2) is 39.9 Å². The third-order valence-corrected chi connectivity index (χ3v) is 6.03. The van der Waals surface area contributed by atoms with Gasteiger partial charge in [-0.05, 0) is 55.2 Å². The number of carbonyl (C=O) groups excluding carboxylic acids is 1. The van der Waals surface area contributed by atoms with Gasteiger partial charge in [-0.3, -0.25) is 9.48 Å². The summed E-state index contributed by atoms with van der Waals surface area (Å²) in [6.45, 7) is 2.54. The van der Waals surface area contributed by atoms with Crippen LogP contribution in [0, 0.1) is 6.92 Å². The Hall–Kier alpha value is -3.48. The number of carbonyl (C=O) groups is 1. The first-order valence-corrected chi connectivity index (χ1v) is 10.7. The normalized spacial score (nSPS) is 13.1. The van der Waals surface area contributed by atoms with Gasteiger partial charge in [0.1, 0.15) is 22.9 Å². The molecule has 0 atom stereocenters. The summed E-state index contributed by atoms with van der Waals surface area (Å²) >= 11 is 0. The van der Waals surface area contributed by atoms with Crippen LogP contribution in [0.5, 0.6) is 17.2 Å². The average molecular weight is 436 g/mol. The van der Waals surface area contributed by atoms with Gasteiger partial charge in [-0.1, -0.05) is 12.1 Å². The third kappa shape index (κ3) is 4.42. The quantitative estimate of drug-likeness (QED) is 0.575. The van der Waals surface area contributed by atoms with Gasteiger partial charge in [0, 0.05) is 31.1 Å². The Morgan fingerprint density at radius 1 is 1.12 bits per heavy atom. The number of amides is 1. The van der Waals surface area contributed by atoms with E-state index in [4.69, 9.17) is 9.47 Å². The second-order valence-electron chi connectivity index (χ2n) is 8.25. The van der Waals surface area contributed by atoms with Crippen molar-refractivity contribution in [1.82, 2.24) is 14.7 Å². The Kier molecular flexibility index (Phi) is 6.08. The van der Waals surface area contributed by atoms with Gasteiger partial charge in [0.05, 0.1) is 26.5 Å². The standard InChI is InChI=1S/C25H29N3O4/c1-16-18(6-5-7-23(16)29)14-28(15-19-10-11-20(31-3)12-24(19)32-4)25(30)22-13-21(17-8-9-17)26-27(22)2/h5-7,10-13,17,29H,8-9,14-15H2,1-4H3. The summed E-state index contributed by atoms with van der Waals surface area (Å²) in [5.74, 6) is 1.90. The molecule has 1 N–H and O–H groups in total. The van der Waals surface area contributed by atoms with Crippen LogP contribution < -0.4 is 9.47 Å². The lowest BCUT2D eigenvalue weighted by molar-refractivity contribution is 0.0717. The number of aromatic nitrogens is 2. The van der Waals surface area contributed by atoms with Crippen LogP contribution in [0.2, 0.25) is 0 Å². The van der Waals surface area contributed by atoms with Gasteiger partial charge < -0.3 is 19.5 Å². The van der Waals surface area contributed by atoms with E-state index < -0.39 is 0 Å². The number of hydrogen-bond donors (Lipinski definition) is 1. The molecule has 0 radical (unpaired) electrons. The van der Waals surface area contributed by atoms with E-state index >= 15 is 0 Å². The highest BCUT2D eigenvalue weighted by atomic mass is 16.5. The van der Waals surface area contributed by atoms with Gasteiger partial charge in [0.2, 0.25) is 0 Å². The van der Waals surface area contributed by atoms with Gasteiger partial charge >= 0.3 is 0 Å². The lowest BCUT2D eigenvalue weighted by atomic mass is 10.1. The van der Waals surface area contributed by atoms with Gasteiger partial charge in [-0.15, -0.1) is 0 Å². The van der Waals surface area contributed by atoms with Crippen molar-refractivity contribution < 1.29 is 19.4 Å². The van der Waals surface area contributed by atoms with Gasteiger partial charge in [-0.2, -0.15) is 5.10 Å². The zero-order chi connectivity index (χ0) is 22.8. The average Bonchev–Trinajstić information content (AvgIpc) is 3.57. The molecule has 1 fully saturated rings. The number of rotatable bonds is 8. The minimum Gasteiger partial charge on any atom is -0.508 e. The minimum absolute atomic E-state index is 0.118. The SMILES string of the molecule is COc1ccc(CN(Cc2cccc(O)c2C)C(=O)c2cc(C3CC3)nn2C)c(OC)c1. The fourth-order valence-electron chi connectivity index (χ4n) is 3.86. The first-order chi connectivity index (χ1) is 15.4. The molecule has 1 amide bonds. The summed E-state index contributed by atoms with van der Waals surface area (Å²) in [5, 5.41) is 14.7. The van der Waals surface area contributed by atoms with Crippen molar-refractivity contribution in [2.75, 3.05) is 14.2 Å². The van der Waals surface area contributed by atoms with E-state index in [2.05, 4.69) is 5.10 Å². The molecule has 0 spiro atoms. The molecule has 32 heavy (non-hydrogen) atoms. The number of benzene rings is 2. The van der Waals surface area contributed by atoms with Crippen LogP contribution in [-0.2, 0) is 20.1 Å². The summed E-state index contributed by atoms with van der Waals surface area (Å²) in [7, 11) is 5.02. The van der Waals surface area contributed by atoms with Crippen molar-refractivity contribution in [3.05, 3.63) is 70.5 Å². The Bertz CT molecular complexity index is 1130. The molecule has 2 aromatic carbocycles. The Labute approximate surface area is 188 Å². The third-order valence-electron chi connectivity index (χ3n) is 6.03. The highest BCUT2D eigenvalue weighted by molar-refractivity contribution is 5.92. The molecule has 0 unspecified atom stereocenters. The van der Waals surface area contributed by atoms with Gasteiger partial charge in [0.15, 0.2) is 0 Å². The summed E-state index contributed by atoms with van der Waals surface area (Å²) in [5.41, 5.74) is 4.04. The molecule has 1 heterocycles. The van der Waals surface area contributed by atoms with E-state index in [-0.39, 0.29) is 11.7 Å². The number of aryl methyl sites for hydroxylation is 1. The van der Waals surface area contributed by atoms with Crippen molar-refractivity contribution in [3.63, 3.8) is 0 Å². The Balaban J connectivity index is 1.69. The molecule has 0 aliphatic heterocycles. The second kappa shape index (κ2) is 8.94. The molecule has 0 saturated heterocycles. The van der Waals surface area contributed by atoms with Crippen molar-refractivity contribution >= 4 is 5.91 Å². The number of methoxy groups -OCH3 is 2. The Morgan fingerprint density at radius 2 is 1.88 bits per heavy atom. The summed E-state index contributed by atoms with van der Waals surface area (Å²) < 4.78 is 12.5. The monoisotopic (exact) mass is 435 g/mol. The maximum absolute atomic E-state index is 13.7. The lowest BCUT2D eigenvalue weighted by Gasteiger charge is -2.25. The largest absolute Gasteiger partial charge is 0.508 e. The van der Waals surface area contributed by atoms with E-state index in [0.717, 1.165) is 35.2 Å². The molecule has 168 valence electrons. The molecule has 1 aromatic heterocycles. The first-order valence-electron chi connectivity index (χ1n) is 10.7. The molecular weight excluding hydrogens is 406 g/mol. The molecular formula is C25H29N3O4. The predicted molar refractivity (Wildman–Crippen MR) is 121 cm³/mol. The van der Waals surface area contributed by atoms with Crippen LogP contribution >= 0.6 is 0 Å². The zero-order valence-electron chi connectivity index (χ0n) is 19.0. The molecule has 7 heteroatoms. The number of phenols is 1. The van der Waals surface area contributed by atoms with E-state index in [1.54, 1.807) is 35.9 Å². The number of phenolic OH excluding ortho intramolecular Hbond substituents is 1. The summed E-state index contributed by atoms with van der Waals surface area (Å²) in [6.07, 6.45) is 2.25. The van der Waals surface area contributed by atoms with E-state index in [1.165, 1.54) is 0 Å². The Morgan fingerprint density at radius 3 is 2.56 bits per heavy atom. The van der Waals surface area contributed by atoms with E-state index in [9.17, 15) is 9.90 Å².